The van der Waals surface area contributed by atoms with E-state index in [2.05, 4.69) is 4.98 Å². The van der Waals surface area contributed by atoms with E-state index in [-0.39, 0.29) is 10.9 Å². The molecular weight excluding hydrogens is 333 g/mol. The molecule has 130 valence electrons. The summed E-state index contributed by atoms with van der Waals surface area (Å²) in [5.74, 6) is 0.165. The predicted molar refractivity (Wildman–Crippen MR) is 86.4 cm³/mol. The molecule has 8 heteroatoms. The predicted octanol–water partition coefficient (Wildman–Crippen LogP) is 1.72. The van der Waals surface area contributed by atoms with E-state index in [1.165, 1.54) is 25.2 Å². The van der Waals surface area contributed by atoms with Crippen molar-refractivity contribution in [2.75, 3.05) is 7.05 Å². The number of aryl methyl sites for hydroxylation is 1. The van der Waals surface area contributed by atoms with E-state index in [0.717, 1.165) is 16.2 Å². The SMILES string of the molecule is Cc1nccn1[C@@H]1CC[C@@H](N(C)S(=O)(=O)c2cccc(F)c2)[C@H]1O. The molecule has 0 amide bonds. The van der Waals surface area contributed by atoms with Crippen LogP contribution in [-0.4, -0.2) is 46.6 Å². The summed E-state index contributed by atoms with van der Waals surface area (Å²) in [5.41, 5.74) is 0. The lowest BCUT2D eigenvalue weighted by molar-refractivity contribution is 0.0877. The van der Waals surface area contributed by atoms with Gasteiger partial charge in [-0.1, -0.05) is 6.07 Å². The number of likely N-dealkylation sites (N-methyl/N-ethyl adjacent to an activating group) is 1. The third-order valence-corrected chi connectivity index (χ3v) is 6.59. The Balaban J connectivity index is 1.85. The maximum atomic E-state index is 13.4. The van der Waals surface area contributed by atoms with Gasteiger partial charge in [-0.3, -0.25) is 0 Å². The molecule has 1 fully saturated rings. The standard InChI is InChI=1S/C16H20FN3O3S/c1-11-18-8-9-20(11)15-7-6-14(16(15)21)19(2)24(22,23)13-5-3-4-12(17)10-13/h3-5,8-10,14-16,21H,6-7H2,1-2H3/t14-,15-,16-/m1/s1. The van der Waals surface area contributed by atoms with Crippen molar-refractivity contribution >= 4 is 10.0 Å². The molecule has 6 nitrogen and oxygen atoms in total. The van der Waals surface area contributed by atoms with Gasteiger partial charge in [0.2, 0.25) is 10.0 Å². The minimum absolute atomic E-state index is 0.112. The normalized spacial score (nSPS) is 24.6. The van der Waals surface area contributed by atoms with Crippen molar-refractivity contribution in [1.29, 1.82) is 0 Å². The van der Waals surface area contributed by atoms with E-state index in [9.17, 15) is 17.9 Å². The Labute approximate surface area is 140 Å². The smallest absolute Gasteiger partial charge is 0.243 e. The molecule has 24 heavy (non-hydrogen) atoms. The molecule has 0 unspecified atom stereocenters. The number of hydrogen-bond donors (Lipinski definition) is 1. The molecule has 1 aromatic carbocycles. The molecule has 2 aromatic rings. The Morgan fingerprint density at radius 3 is 2.75 bits per heavy atom. The van der Waals surface area contributed by atoms with Crippen molar-refractivity contribution in [3.8, 4) is 0 Å². The number of rotatable bonds is 4. The van der Waals surface area contributed by atoms with Crippen LogP contribution < -0.4 is 0 Å². The largest absolute Gasteiger partial charge is 0.389 e. The average molecular weight is 353 g/mol. The summed E-state index contributed by atoms with van der Waals surface area (Å²) >= 11 is 0. The van der Waals surface area contributed by atoms with E-state index >= 15 is 0 Å². The van der Waals surface area contributed by atoms with Gasteiger partial charge in [-0.15, -0.1) is 0 Å². The van der Waals surface area contributed by atoms with Crippen LogP contribution >= 0.6 is 0 Å². The van der Waals surface area contributed by atoms with E-state index in [1.807, 2.05) is 11.5 Å². The highest BCUT2D eigenvalue weighted by molar-refractivity contribution is 7.89. The Kier molecular flexibility index (Phi) is 4.46. The number of nitrogens with zero attached hydrogens (tertiary/aromatic N) is 3. The number of benzene rings is 1. The summed E-state index contributed by atoms with van der Waals surface area (Å²) in [5, 5.41) is 10.7. The van der Waals surface area contributed by atoms with Gasteiger partial charge in [0, 0.05) is 19.4 Å². The zero-order chi connectivity index (χ0) is 17.5. The maximum absolute atomic E-state index is 13.4. The quantitative estimate of drug-likeness (QED) is 0.908. The molecule has 1 aliphatic carbocycles. The van der Waals surface area contributed by atoms with E-state index in [4.69, 9.17) is 0 Å². The molecule has 1 heterocycles. The van der Waals surface area contributed by atoms with Crippen LogP contribution in [0, 0.1) is 12.7 Å². The Bertz CT molecular complexity index is 837. The van der Waals surface area contributed by atoms with Gasteiger partial charge in [0.25, 0.3) is 0 Å². The van der Waals surface area contributed by atoms with Gasteiger partial charge in [-0.2, -0.15) is 4.31 Å². The second-order valence-electron chi connectivity index (χ2n) is 6.06. The average Bonchev–Trinajstić information content (AvgIpc) is 3.12. The first-order chi connectivity index (χ1) is 11.3. The van der Waals surface area contributed by atoms with E-state index in [0.29, 0.717) is 12.8 Å². The molecule has 3 atom stereocenters. The summed E-state index contributed by atoms with van der Waals surface area (Å²) in [4.78, 5) is 4.04. The zero-order valence-electron chi connectivity index (χ0n) is 13.5. The number of hydrogen-bond acceptors (Lipinski definition) is 4. The van der Waals surface area contributed by atoms with Crippen molar-refractivity contribution in [3.05, 3.63) is 48.3 Å². The molecule has 1 N–H and O–H groups in total. The monoisotopic (exact) mass is 353 g/mol. The summed E-state index contributed by atoms with van der Waals surface area (Å²) < 4.78 is 41.8. The van der Waals surface area contributed by atoms with Crippen LogP contribution in [0.3, 0.4) is 0 Å². The first kappa shape index (κ1) is 17.1. The van der Waals surface area contributed by atoms with Crippen molar-refractivity contribution in [1.82, 2.24) is 13.9 Å². The maximum Gasteiger partial charge on any atom is 0.243 e. The molecule has 0 spiro atoms. The highest BCUT2D eigenvalue weighted by atomic mass is 32.2. The zero-order valence-corrected chi connectivity index (χ0v) is 14.3. The van der Waals surface area contributed by atoms with Crippen LogP contribution in [0.15, 0.2) is 41.6 Å². The minimum atomic E-state index is -3.87. The van der Waals surface area contributed by atoms with Crippen LogP contribution in [0.25, 0.3) is 0 Å². The fraction of sp³-hybridized carbons (Fsp3) is 0.438. The van der Waals surface area contributed by atoms with Crippen molar-refractivity contribution < 1.29 is 17.9 Å². The Hall–Kier alpha value is -1.77. The van der Waals surface area contributed by atoms with Gasteiger partial charge in [0.15, 0.2) is 0 Å². The third kappa shape index (κ3) is 2.85. The number of halogens is 1. The lowest BCUT2D eigenvalue weighted by Crippen LogP contribution is -2.43. The second-order valence-corrected chi connectivity index (χ2v) is 8.06. The lowest BCUT2D eigenvalue weighted by Gasteiger charge is -2.28. The van der Waals surface area contributed by atoms with E-state index < -0.39 is 28.0 Å². The third-order valence-electron chi connectivity index (χ3n) is 4.71. The first-order valence-electron chi connectivity index (χ1n) is 7.73. The van der Waals surface area contributed by atoms with Gasteiger partial charge < -0.3 is 9.67 Å². The number of aliphatic hydroxyl groups is 1. The highest BCUT2D eigenvalue weighted by Crippen LogP contribution is 2.35. The molecule has 1 saturated carbocycles. The van der Waals surface area contributed by atoms with Crippen molar-refractivity contribution in [2.45, 2.75) is 42.8 Å². The van der Waals surface area contributed by atoms with Crippen LogP contribution in [0.4, 0.5) is 4.39 Å². The molecule has 0 aliphatic heterocycles. The molecule has 1 aliphatic rings. The topological polar surface area (TPSA) is 75.4 Å². The Morgan fingerprint density at radius 1 is 1.38 bits per heavy atom. The summed E-state index contributed by atoms with van der Waals surface area (Å²) in [7, 11) is -2.44. The van der Waals surface area contributed by atoms with E-state index in [1.54, 1.807) is 12.4 Å². The first-order valence-corrected chi connectivity index (χ1v) is 9.17. The number of sulfonamides is 1. The van der Waals surface area contributed by atoms with Gasteiger partial charge in [-0.25, -0.2) is 17.8 Å². The molecule has 3 rings (SSSR count). The fourth-order valence-electron chi connectivity index (χ4n) is 3.35. The highest BCUT2D eigenvalue weighted by Gasteiger charge is 2.42. The Morgan fingerprint density at radius 2 is 2.12 bits per heavy atom. The van der Waals surface area contributed by atoms with Gasteiger partial charge in [0.1, 0.15) is 11.6 Å². The molecule has 0 radical (unpaired) electrons. The molecular formula is C16H20FN3O3S. The van der Waals surface area contributed by atoms with Gasteiger partial charge in [0.05, 0.1) is 23.1 Å². The van der Waals surface area contributed by atoms with Gasteiger partial charge in [-0.05, 0) is 38.0 Å². The van der Waals surface area contributed by atoms with Crippen LogP contribution in [0.2, 0.25) is 0 Å². The summed E-state index contributed by atoms with van der Waals surface area (Å²) in [6, 6.07) is 4.12. The van der Waals surface area contributed by atoms with Gasteiger partial charge >= 0.3 is 0 Å². The fourth-order valence-corrected chi connectivity index (χ4v) is 4.78. The van der Waals surface area contributed by atoms with Crippen LogP contribution in [0.1, 0.15) is 24.7 Å². The number of aliphatic hydroxyl groups excluding tert-OH is 1. The number of aromatic nitrogens is 2. The minimum Gasteiger partial charge on any atom is -0.389 e. The van der Waals surface area contributed by atoms with Crippen LogP contribution in [0.5, 0.6) is 0 Å². The summed E-state index contributed by atoms with van der Waals surface area (Å²) in [6.45, 7) is 1.84. The lowest BCUT2D eigenvalue weighted by atomic mass is 10.2. The molecule has 1 aromatic heterocycles. The number of imidazole rings is 1. The molecule has 0 saturated heterocycles. The van der Waals surface area contributed by atoms with Crippen LogP contribution in [-0.2, 0) is 10.0 Å². The second kappa shape index (κ2) is 6.27. The van der Waals surface area contributed by atoms with Crippen molar-refractivity contribution in [3.63, 3.8) is 0 Å². The molecule has 0 bridgehead atoms. The summed E-state index contributed by atoms with van der Waals surface area (Å²) in [6.07, 6.45) is 3.75. The van der Waals surface area contributed by atoms with Crippen molar-refractivity contribution in [2.24, 2.45) is 0 Å².